The molecule has 0 spiro atoms. The van der Waals surface area contributed by atoms with Gasteiger partial charge in [-0.25, -0.2) is 4.21 Å². The van der Waals surface area contributed by atoms with Crippen LogP contribution in [0.1, 0.15) is 20.8 Å². The van der Waals surface area contributed by atoms with Crippen LogP contribution in [0.4, 0.5) is 0 Å². The Morgan fingerprint density at radius 1 is 1.58 bits per heavy atom. The largest absolute Gasteiger partial charge is 0.289 e. The van der Waals surface area contributed by atoms with Crippen LogP contribution < -0.4 is 0 Å². The summed E-state index contributed by atoms with van der Waals surface area (Å²) in [5, 5.41) is 0. The number of rotatable bonds is 1. The van der Waals surface area contributed by atoms with Gasteiger partial charge in [-0.05, 0) is 26.8 Å². The maximum atomic E-state index is 10.8. The Labute approximate surface area is 75.2 Å². The van der Waals surface area contributed by atoms with Crippen molar-refractivity contribution in [3.63, 3.8) is 0 Å². The van der Waals surface area contributed by atoms with Crippen LogP contribution in [0, 0.1) is 0 Å². The number of nitrogens with zero attached hydrogens (tertiary/aromatic N) is 1. The van der Waals surface area contributed by atoms with Gasteiger partial charge in [0.25, 0.3) is 11.3 Å². The zero-order chi connectivity index (χ0) is 9.30. The molecule has 1 rings (SSSR count). The summed E-state index contributed by atoms with van der Waals surface area (Å²) in [5.74, 6) is 0. The van der Waals surface area contributed by atoms with Crippen LogP contribution in [0.25, 0.3) is 0 Å². The summed E-state index contributed by atoms with van der Waals surface area (Å²) in [7, 11) is 0. The van der Waals surface area contributed by atoms with E-state index in [1.807, 2.05) is 32.9 Å². The average molecular weight is 187 g/mol. The average Bonchev–Trinajstić information content (AvgIpc) is 1.82. The van der Waals surface area contributed by atoms with Gasteiger partial charge in [0.1, 0.15) is 0 Å². The lowest BCUT2D eigenvalue weighted by Crippen LogP contribution is -2.33. The molecular weight excluding hydrogens is 174 g/mol. The van der Waals surface area contributed by atoms with Crippen LogP contribution in [-0.4, -0.2) is 19.1 Å². The highest BCUT2D eigenvalue weighted by Gasteiger charge is 2.20. The van der Waals surface area contributed by atoms with E-state index in [1.54, 1.807) is 0 Å². The monoisotopic (exact) mass is 187 g/mol. The normalized spacial score (nSPS) is 26.3. The highest BCUT2D eigenvalue weighted by Crippen LogP contribution is 2.20. The van der Waals surface area contributed by atoms with Crippen molar-refractivity contribution >= 4 is 11.3 Å². The maximum Gasteiger partial charge on any atom is 0.262 e. The van der Waals surface area contributed by atoms with Crippen LogP contribution in [0.3, 0.4) is 0 Å². The molecule has 68 valence electrons. The molecule has 0 saturated carbocycles. The fourth-order valence-corrected chi connectivity index (χ4v) is 2.12. The smallest absolute Gasteiger partial charge is 0.262 e. The Kier molecular flexibility index (Phi) is 2.69. The molecule has 1 aliphatic heterocycles. The molecule has 0 saturated heterocycles. The van der Waals surface area contributed by atoms with Gasteiger partial charge in [-0.2, -0.15) is 0 Å². The minimum Gasteiger partial charge on any atom is -0.289 e. The molecule has 2 atom stereocenters. The van der Waals surface area contributed by atoms with Gasteiger partial charge in [-0.1, -0.05) is 11.6 Å². The van der Waals surface area contributed by atoms with E-state index in [0.29, 0.717) is 0 Å². The number of hydrogen-bond acceptors (Lipinski definition) is 1. The van der Waals surface area contributed by atoms with E-state index >= 15 is 0 Å². The fraction of sp³-hybridized carbons (Fsp3) is 0.500. The van der Waals surface area contributed by atoms with Gasteiger partial charge in [0.2, 0.25) is 0 Å². The van der Waals surface area contributed by atoms with Crippen molar-refractivity contribution in [1.82, 2.24) is 4.31 Å². The highest BCUT2D eigenvalue weighted by atomic mass is 32.2. The van der Waals surface area contributed by atoms with E-state index in [-0.39, 0.29) is 6.04 Å². The molecule has 0 amide bonds. The van der Waals surface area contributed by atoms with Gasteiger partial charge >= 0.3 is 0 Å². The molecular formula is C8H13NO2S. The molecule has 0 aliphatic carbocycles. The van der Waals surface area contributed by atoms with Crippen LogP contribution in [0.15, 0.2) is 23.4 Å². The van der Waals surface area contributed by atoms with Crippen LogP contribution in [-0.2, 0) is 11.3 Å². The lowest BCUT2D eigenvalue weighted by Gasteiger charge is -2.28. The van der Waals surface area contributed by atoms with E-state index in [4.69, 9.17) is 4.55 Å². The third-order valence-electron chi connectivity index (χ3n) is 1.83. The van der Waals surface area contributed by atoms with Crippen molar-refractivity contribution in [1.29, 1.82) is 0 Å². The molecule has 0 radical (unpaired) electrons. The summed E-state index contributed by atoms with van der Waals surface area (Å²) in [6.45, 7) is 5.72. The molecule has 1 heterocycles. The van der Waals surface area contributed by atoms with Crippen molar-refractivity contribution in [2.24, 2.45) is 0 Å². The summed E-state index contributed by atoms with van der Waals surface area (Å²) in [6.07, 6.45) is 3.86. The quantitative estimate of drug-likeness (QED) is 0.634. The second kappa shape index (κ2) is 3.41. The zero-order valence-corrected chi connectivity index (χ0v) is 8.26. The highest BCUT2D eigenvalue weighted by molar-refractivity contribution is 7.76. The van der Waals surface area contributed by atoms with Gasteiger partial charge in [-0.15, -0.1) is 0 Å². The van der Waals surface area contributed by atoms with Crippen LogP contribution in [0.5, 0.6) is 0 Å². The van der Waals surface area contributed by atoms with Crippen LogP contribution >= 0.6 is 0 Å². The molecule has 1 N–H and O–H groups in total. The molecule has 3 nitrogen and oxygen atoms in total. The first-order valence-electron chi connectivity index (χ1n) is 3.79. The van der Waals surface area contributed by atoms with Gasteiger partial charge in [0, 0.05) is 5.70 Å². The van der Waals surface area contributed by atoms with E-state index in [1.165, 1.54) is 4.31 Å². The fourth-order valence-electron chi connectivity index (χ4n) is 1.48. The lowest BCUT2D eigenvalue weighted by atomic mass is 10.1. The van der Waals surface area contributed by atoms with Crippen molar-refractivity contribution < 1.29 is 8.76 Å². The minimum atomic E-state index is -1.91. The Hall–Kier alpha value is -0.610. The molecule has 0 aromatic heterocycles. The molecule has 0 fully saturated rings. The predicted molar refractivity (Wildman–Crippen MR) is 49.6 cm³/mol. The second-order valence-corrected chi connectivity index (χ2v) is 3.85. The topological polar surface area (TPSA) is 40.5 Å². The van der Waals surface area contributed by atoms with Gasteiger partial charge < -0.3 is 0 Å². The standard InChI is InChI=1S/C8H13NO2S/c1-6-4-7(2)9(12(10)11)8(3)5-6/h4-5,7H,1-3H3,(H,10,11). The lowest BCUT2D eigenvalue weighted by molar-refractivity contribution is 0.419. The molecule has 4 heteroatoms. The molecule has 0 bridgehead atoms. The Morgan fingerprint density at radius 3 is 2.58 bits per heavy atom. The first kappa shape index (κ1) is 9.48. The van der Waals surface area contributed by atoms with Crippen molar-refractivity contribution in [2.45, 2.75) is 26.8 Å². The summed E-state index contributed by atoms with van der Waals surface area (Å²) in [5.41, 5.74) is 1.98. The van der Waals surface area contributed by atoms with E-state index in [2.05, 4.69) is 0 Å². The molecule has 0 aromatic rings. The molecule has 0 aromatic carbocycles. The Morgan fingerprint density at radius 2 is 2.17 bits per heavy atom. The maximum absolute atomic E-state index is 10.8. The molecule has 2 unspecified atom stereocenters. The summed E-state index contributed by atoms with van der Waals surface area (Å²) >= 11 is -1.91. The third kappa shape index (κ3) is 1.76. The third-order valence-corrected chi connectivity index (χ3v) is 2.78. The number of hydrogen-bond donors (Lipinski definition) is 1. The first-order chi connectivity index (χ1) is 5.52. The van der Waals surface area contributed by atoms with Gasteiger partial charge in [0.05, 0.1) is 6.04 Å². The van der Waals surface area contributed by atoms with Gasteiger partial charge in [-0.3, -0.25) is 8.86 Å². The van der Waals surface area contributed by atoms with Gasteiger partial charge in [0.15, 0.2) is 0 Å². The summed E-state index contributed by atoms with van der Waals surface area (Å²) in [4.78, 5) is 0. The van der Waals surface area contributed by atoms with E-state index in [0.717, 1.165) is 11.3 Å². The Balaban J connectivity index is 2.94. The predicted octanol–water partition coefficient (Wildman–Crippen LogP) is 1.68. The number of allylic oxidation sites excluding steroid dienone is 3. The van der Waals surface area contributed by atoms with Crippen molar-refractivity contribution in [3.8, 4) is 0 Å². The van der Waals surface area contributed by atoms with Crippen molar-refractivity contribution in [3.05, 3.63) is 23.4 Å². The summed E-state index contributed by atoms with van der Waals surface area (Å²) < 4.78 is 21.2. The molecule has 12 heavy (non-hydrogen) atoms. The molecule has 1 aliphatic rings. The Bertz CT molecular complexity index is 270. The van der Waals surface area contributed by atoms with Crippen molar-refractivity contribution in [2.75, 3.05) is 0 Å². The zero-order valence-electron chi connectivity index (χ0n) is 7.44. The first-order valence-corrected chi connectivity index (χ1v) is 4.85. The SMILES string of the molecule is CC1=CC(C)N(S(=O)O)C(C)=C1. The summed E-state index contributed by atoms with van der Waals surface area (Å²) in [6, 6.07) is 0.000772. The minimum absolute atomic E-state index is 0.000772. The van der Waals surface area contributed by atoms with E-state index < -0.39 is 11.3 Å². The van der Waals surface area contributed by atoms with E-state index in [9.17, 15) is 4.21 Å². The van der Waals surface area contributed by atoms with Crippen LogP contribution in [0.2, 0.25) is 0 Å². The second-order valence-electron chi connectivity index (χ2n) is 2.99.